The number of ether oxygens (including phenoxy) is 1. The third-order valence-corrected chi connectivity index (χ3v) is 2.28. The molecule has 1 N–H and O–H groups in total. The molecule has 0 saturated carbocycles. The second-order valence-electron chi connectivity index (χ2n) is 3.27. The Morgan fingerprint density at radius 1 is 1.53 bits per heavy atom. The predicted octanol–water partition coefficient (Wildman–Crippen LogP) is 1.27. The van der Waals surface area contributed by atoms with Crippen molar-refractivity contribution >= 4 is 5.65 Å². The maximum Gasteiger partial charge on any atom is 0.140 e. The topological polar surface area (TPSA) is 46.8 Å². The molecule has 2 rings (SSSR count). The van der Waals surface area contributed by atoms with E-state index in [2.05, 4.69) is 11.9 Å². The van der Waals surface area contributed by atoms with E-state index in [4.69, 9.17) is 9.84 Å². The van der Waals surface area contributed by atoms with Gasteiger partial charge >= 0.3 is 0 Å². The van der Waals surface area contributed by atoms with Gasteiger partial charge in [0.15, 0.2) is 0 Å². The van der Waals surface area contributed by atoms with Crippen LogP contribution in [0.1, 0.15) is 12.6 Å². The zero-order chi connectivity index (χ0) is 10.7. The Balaban J connectivity index is 2.31. The minimum atomic E-state index is 0.0276. The molecule has 2 heterocycles. The molecule has 0 spiro atoms. The Bertz CT molecular complexity index is 451. The van der Waals surface area contributed by atoms with Crippen LogP contribution in [0.25, 0.3) is 5.65 Å². The number of rotatable bonds is 4. The van der Waals surface area contributed by atoms with Gasteiger partial charge in [0.05, 0.1) is 6.61 Å². The molecule has 0 bridgehead atoms. The summed E-state index contributed by atoms with van der Waals surface area (Å²) in [5, 5.41) is 8.64. The van der Waals surface area contributed by atoms with E-state index in [1.807, 2.05) is 28.9 Å². The summed E-state index contributed by atoms with van der Waals surface area (Å²) in [7, 11) is 0. The van der Waals surface area contributed by atoms with E-state index in [0.717, 1.165) is 17.8 Å². The molecular weight excluding hydrogens is 192 g/mol. The molecular formula is C11H14N2O2. The fourth-order valence-electron chi connectivity index (χ4n) is 1.53. The van der Waals surface area contributed by atoms with Gasteiger partial charge in [0.1, 0.15) is 18.0 Å². The van der Waals surface area contributed by atoms with Gasteiger partial charge in [-0.2, -0.15) is 0 Å². The van der Waals surface area contributed by atoms with Gasteiger partial charge in [0.2, 0.25) is 0 Å². The molecule has 0 aliphatic carbocycles. The normalized spacial score (nSPS) is 10.8. The Labute approximate surface area is 88.1 Å². The molecule has 4 heteroatoms. The largest absolute Gasteiger partial charge is 0.491 e. The minimum absolute atomic E-state index is 0.0276. The van der Waals surface area contributed by atoms with Crippen LogP contribution in [0, 0.1) is 0 Å². The number of imidazole rings is 1. The van der Waals surface area contributed by atoms with Crippen LogP contribution in [0.4, 0.5) is 0 Å². The summed E-state index contributed by atoms with van der Waals surface area (Å²) in [5.74, 6) is 0.741. The van der Waals surface area contributed by atoms with Gasteiger partial charge in [0, 0.05) is 24.2 Å². The van der Waals surface area contributed by atoms with E-state index in [0.29, 0.717) is 6.61 Å². The van der Waals surface area contributed by atoms with Gasteiger partial charge in [-0.25, -0.2) is 4.98 Å². The molecule has 0 fully saturated rings. The summed E-state index contributed by atoms with van der Waals surface area (Å²) < 4.78 is 7.34. The van der Waals surface area contributed by atoms with Gasteiger partial charge in [-0.05, 0) is 12.5 Å². The number of fused-ring (bicyclic) bond motifs is 1. The maximum absolute atomic E-state index is 8.64. The molecule has 0 aromatic carbocycles. The highest BCUT2D eigenvalue weighted by Gasteiger charge is 2.02. The van der Waals surface area contributed by atoms with Gasteiger partial charge in [0.25, 0.3) is 0 Å². The van der Waals surface area contributed by atoms with Crippen molar-refractivity contribution in [2.45, 2.75) is 13.3 Å². The number of nitrogens with zero attached hydrogens (tertiary/aromatic N) is 2. The third kappa shape index (κ3) is 1.94. The molecule has 4 nitrogen and oxygen atoms in total. The van der Waals surface area contributed by atoms with E-state index >= 15 is 0 Å². The van der Waals surface area contributed by atoms with Crippen LogP contribution >= 0.6 is 0 Å². The number of pyridine rings is 1. The van der Waals surface area contributed by atoms with Crippen molar-refractivity contribution in [3.8, 4) is 5.75 Å². The van der Waals surface area contributed by atoms with Gasteiger partial charge < -0.3 is 14.2 Å². The Morgan fingerprint density at radius 2 is 2.40 bits per heavy atom. The summed E-state index contributed by atoms with van der Waals surface area (Å²) in [6.45, 7) is 2.44. The summed E-state index contributed by atoms with van der Waals surface area (Å²) in [5.41, 5.74) is 2.06. The first-order valence-electron chi connectivity index (χ1n) is 5.04. The molecule has 0 saturated heterocycles. The molecule has 80 valence electrons. The summed E-state index contributed by atoms with van der Waals surface area (Å²) in [4.78, 5) is 4.28. The van der Waals surface area contributed by atoms with Crippen molar-refractivity contribution in [2.24, 2.45) is 0 Å². The second kappa shape index (κ2) is 4.31. The van der Waals surface area contributed by atoms with E-state index in [1.54, 1.807) is 0 Å². The summed E-state index contributed by atoms with van der Waals surface area (Å²) >= 11 is 0. The first-order chi connectivity index (χ1) is 7.35. The Kier molecular flexibility index (Phi) is 2.87. The van der Waals surface area contributed by atoms with Crippen LogP contribution in [0.15, 0.2) is 24.5 Å². The van der Waals surface area contributed by atoms with E-state index in [9.17, 15) is 0 Å². The first kappa shape index (κ1) is 9.98. The zero-order valence-corrected chi connectivity index (χ0v) is 8.68. The van der Waals surface area contributed by atoms with E-state index in [-0.39, 0.29) is 6.61 Å². The van der Waals surface area contributed by atoms with Crippen LogP contribution < -0.4 is 4.74 Å². The van der Waals surface area contributed by atoms with Gasteiger partial charge in [-0.3, -0.25) is 0 Å². The SMILES string of the molecule is CCc1cnc2cc(OCCO)ccn12. The quantitative estimate of drug-likeness (QED) is 0.819. The molecule has 0 amide bonds. The smallest absolute Gasteiger partial charge is 0.140 e. The first-order valence-corrected chi connectivity index (χ1v) is 5.04. The zero-order valence-electron chi connectivity index (χ0n) is 8.68. The number of aromatic nitrogens is 2. The Morgan fingerprint density at radius 3 is 3.13 bits per heavy atom. The van der Waals surface area contributed by atoms with Crippen molar-refractivity contribution in [1.82, 2.24) is 9.38 Å². The standard InChI is InChI=1S/C11H14N2O2/c1-2-9-8-12-11-7-10(15-6-5-14)3-4-13(9)11/h3-4,7-8,14H,2,5-6H2,1H3. The number of aliphatic hydroxyl groups excluding tert-OH is 1. The average molecular weight is 206 g/mol. The molecule has 0 radical (unpaired) electrons. The molecule has 0 unspecified atom stereocenters. The van der Waals surface area contributed by atoms with Crippen LogP contribution in [-0.2, 0) is 6.42 Å². The minimum Gasteiger partial charge on any atom is -0.491 e. The van der Waals surface area contributed by atoms with Gasteiger partial charge in [-0.15, -0.1) is 0 Å². The number of aryl methyl sites for hydroxylation is 1. The molecule has 0 aliphatic heterocycles. The number of aliphatic hydroxyl groups is 1. The predicted molar refractivity (Wildman–Crippen MR) is 57.2 cm³/mol. The molecule has 15 heavy (non-hydrogen) atoms. The fraction of sp³-hybridized carbons (Fsp3) is 0.364. The van der Waals surface area contributed by atoms with E-state index in [1.165, 1.54) is 5.69 Å². The maximum atomic E-state index is 8.64. The lowest BCUT2D eigenvalue weighted by molar-refractivity contribution is 0.201. The van der Waals surface area contributed by atoms with Crippen LogP contribution in [0.2, 0.25) is 0 Å². The highest BCUT2D eigenvalue weighted by atomic mass is 16.5. The molecule has 0 aliphatic rings. The highest BCUT2D eigenvalue weighted by molar-refractivity contribution is 5.45. The lowest BCUT2D eigenvalue weighted by atomic mass is 10.3. The van der Waals surface area contributed by atoms with Crippen LogP contribution in [-0.4, -0.2) is 27.7 Å². The lowest BCUT2D eigenvalue weighted by Crippen LogP contribution is -2.02. The second-order valence-corrected chi connectivity index (χ2v) is 3.27. The van der Waals surface area contributed by atoms with Crippen molar-refractivity contribution in [3.63, 3.8) is 0 Å². The van der Waals surface area contributed by atoms with Crippen molar-refractivity contribution in [1.29, 1.82) is 0 Å². The molecule has 2 aromatic rings. The average Bonchev–Trinajstić information content (AvgIpc) is 2.68. The van der Waals surface area contributed by atoms with Crippen molar-refractivity contribution < 1.29 is 9.84 Å². The molecule has 2 aromatic heterocycles. The lowest BCUT2D eigenvalue weighted by Gasteiger charge is -2.04. The Hall–Kier alpha value is -1.55. The summed E-state index contributed by atoms with van der Waals surface area (Å²) in [6.07, 6.45) is 4.76. The van der Waals surface area contributed by atoms with Crippen LogP contribution in [0.3, 0.4) is 0 Å². The van der Waals surface area contributed by atoms with Gasteiger partial charge in [-0.1, -0.05) is 6.92 Å². The van der Waals surface area contributed by atoms with Crippen molar-refractivity contribution in [2.75, 3.05) is 13.2 Å². The number of hydrogen-bond acceptors (Lipinski definition) is 3. The van der Waals surface area contributed by atoms with E-state index < -0.39 is 0 Å². The van der Waals surface area contributed by atoms with Crippen molar-refractivity contribution in [3.05, 3.63) is 30.2 Å². The summed E-state index contributed by atoms with van der Waals surface area (Å²) in [6, 6.07) is 3.75. The third-order valence-electron chi connectivity index (χ3n) is 2.28. The molecule has 0 atom stereocenters. The monoisotopic (exact) mass is 206 g/mol. The number of hydrogen-bond donors (Lipinski definition) is 1. The highest BCUT2D eigenvalue weighted by Crippen LogP contribution is 2.15. The fourth-order valence-corrected chi connectivity index (χ4v) is 1.53. The van der Waals surface area contributed by atoms with Crippen LogP contribution in [0.5, 0.6) is 5.75 Å².